The van der Waals surface area contributed by atoms with Gasteiger partial charge in [-0.2, -0.15) is 4.98 Å². The molecule has 0 unspecified atom stereocenters. The normalized spacial score (nSPS) is 11.4. The second-order valence-corrected chi connectivity index (χ2v) is 8.23. The summed E-state index contributed by atoms with van der Waals surface area (Å²) in [5.74, 6) is 0.273. The van der Waals surface area contributed by atoms with Crippen LogP contribution in [0.25, 0.3) is 11.1 Å². The number of aromatic nitrogens is 1. The summed E-state index contributed by atoms with van der Waals surface area (Å²) in [7, 11) is 1.64. The number of methoxy groups -OCH3 is 1. The number of rotatable bonds is 9. The average molecular weight is 447 g/mol. The SMILES string of the molecule is COc1ccc(CN(Cc2ccc(OC(C)(C)C(=O)O)cc2)c2nc3ccccc3o2)cc1. The third-order valence-electron chi connectivity index (χ3n) is 5.27. The van der Waals surface area contributed by atoms with Gasteiger partial charge in [-0.15, -0.1) is 0 Å². The minimum Gasteiger partial charge on any atom is -0.497 e. The van der Waals surface area contributed by atoms with Crippen LogP contribution in [0.4, 0.5) is 6.01 Å². The lowest BCUT2D eigenvalue weighted by molar-refractivity contribution is -0.152. The van der Waals surface area contributed by atoms with Crippen LogP contribution in [0.15, 0.2) is 77.2 Å². The third kappa shape index (κ3) is 5.26. The number of oxazole rings is 1. The first-order valence-electron chi connectivity index (χ1n) is 10.6. The molecule has 7 heteroatoms. The van der Waals surface area contributed by atoms with Crippen molar-refractivity contribution >= 4 is 23.1 Å². The van der Waals surface area contributed by atoms with Gasteiger partial charge in [-0.1, -0.05) is 36.4 Å². The van der Waals surface area contributed by atoms with E-state index in [1.54, 1.807) is 19.2 Å². The van der Waals surface area contributed by atoms with Crippen molar-refractivity contribution in [1.82, 2.24) is 4.98 Å². The van der Waals surface area contributed by atoms with Gasteiger partial charge < -0.3 is 23.9 Å². The summed E-state index contributed by atoms with van der Waals surface area (Å²) in [6, 6.07) is 23.5. The fraction of sp³-hybridized carbons (Fsp3) is 0.231. The second-order valence-electron chi connectivity index (χ2n) is 8.23. The van der Waals surface area contributed by atoms with E-state index in [0.29, 0.717) is 24.9 Å². The summed E-state index contributed by atoms with van der Waals surface area (Å²) in [5, 5.41) is 9.28. The van der Waals surface area contributed by atoms with Crippen LogP contribution in [0.2, 0.25) is 0 Å². The van der Waals surface area contributed by atoms with E-state index in [2.05, 4.69) is 9.88 Å². The Labute approximate surface area is 192 Å². The van der Waals surface area contributed by atoms with Gasteiger partial charge in [0.15, 0.2) is 11.2 Å². The number of aliphatic carboxylic acids is 1. The van der Waals surface area contributed by atoms with Gasteiger partial charge in [0, 0.05) is 13.1 Å². The summed E-state index contributed by atoms with van der Waals surface area (Å²) in [6.45, 7) is 4.17. The lowest BCUT2D eigenvalue weighted by atomic mass is 10.1. The molecule has 0 aliphatic heterocycles. The zero-order valence-electron chi connectivity index (χ0n) is 18.8. The van der Waals surface area contributed by atoms with Crippen molar-refractivity contribution in [2.75, 3.05) is 12.0 Å². The smallest absolute Gasteiger partial charge is 0.347 e. The van der Waals surface area contributed by atoms with Gasteiger partial charge >= 0.3 is 5.97 Å². The molecule has 0 radical (unpaired) electrons. The van der Waals surface area contributed by atoms with Crippen LogP contribution in [0.5, 0.6) is 11.5 Å². The van der Waals surface area contributed by atoms with Crippen molar-refractivity contribution in [3.8, 4) is 11.5 Å². The molecular weight excluding hydrogens is 420 g/mol. The Morgan fingerprint density at radius 2 is 1.52 bits per heavy atom. The molecule has 0 amide bonds. The molecule has 1 N–H and O–H groups in total. The van der Waals surface area contributed by atoms with Gasteiger partial charge in [-0.25, -0.2) is 4.79 Å². The molecule has 0 aliphatic rings. The molecule has 0 spiro atoms. The van der Waals surface area contributed by atoms with Crippen molar-refractivity contribution in [2.45, 2.75) is 32.5 Å². The predicted molar refractivity (Wildman–Crippen MR) is 126 cm³/mol. The Morgan fingerprint density at radius 1 is 0.939 bits per heavy atom. The number of carbonyl (C=O) groups is 1. The third-order valence-corrected chi connectivity index (χ3v) is 5.27. The summed E-state index contributed by atoms with van der Waals surface area (Å²) >= 11 is 0. The minimum atomic E-state index is -1.31. The van der Waals surface area contributed by atoms with Crippen molar-refractivity contribution < 1.29 is 23.8 Å². The van der Waals surface area contributed by atoms with Crippen LogP contribution in [0, 0.1) is 0 Å². The molecule has 0 atom stereocenters. The van der Waals surface area contributed by atoms with Gasteiger partial charge in [0.25, 0.3) is 6.01 Å². The van der Waals surface area contributed by atoms with Gasteiger partial charge in [0.05, 0.1) is 7.11 Å². The molecule has 170 valence electrons. The molecule has 1 aromatic heterocycles. The summed E-state index contributed by atoms with van der Waals surface area (Å²) in [6.07, 6.45) is 0. The van der Waals surface area contributed by atoms with E-state index in [-0.39, 0.29) is 0 Å². The topological polar surface area (TPSA) is 85.0 Å². The number of hydrogen-bond acceptors (Lipinski definition) is 6. The maximum absolute atomic E-state index is 11.3. The molecule has 0 fully saturated rings. The molecule has 33 heavy (non-hydrogen) atoms. The zero-order valence-corrected chi connectivity index (χ0v) is 18.8. The van der Waals surface area contributed by atoms with E-state index >= 15 is 0 Å². The van der Waals surface area contributed by atoms with E-state index in [1.807, 2.05) is 60.7 Å². The van der Waals surface area contributed by atoms with Crippen LogP contribution in [-0.2, 0) is 17.9 Å². The maximum atomic E-state index is 11.3. The zero-order chi connectivity index (χ0) is 23.4. The number of hydrogen-bond donors (Lipinski definition) is 1. The molecule has 1 heterocycles. The van der Waals surface area contributed by atoms with Crippen molar-refractivity contribution in [3.05, 3.63) is 83.9 Å². The van der Waals surface area contributed by atoms with Crippen LogP contribution >= 0.6 is 0 Å². The average Bonchev–Trinajstić information content (AvgIpc) is 3.24. The van der Waals surface area contributed by atoms with E-state index in [9.17, 15) is 9.90 Å². The maximum Gasteiger partial charge on any atom is 0.347 e. The highest BCUT2D eigenvalue weighted by molar-refractivity contribution is 5.76. The number of carboxylic acid groups (broad SMARTS) is 1. The van der Waals surface area contributed by atoms with E-state index in [1.165, 1.54) is 13.8 Å². The molecule has 3 aromatic carbocycles. The highest BCUT2D eigenvalue weighted by atomic mass is 16.5. The van der Waals surface area contributed by atoms with E-state index in [0.717, 1.165) is 28.0 Å². The first kappa shape index (κ1) is 22.2. The van der Waals surface area contributed by atoms with Crippen LogP contribution in [0.1, 0.15) is 25.0 Å². The number of benzene rings is 3. The molecule has 0 bridgehead atoms. The van der Waals surface area contributed by atoms with Gasteiger partial charge in [0.2, 0.25) is 0 Å². The molecule has 4 aromatic rings. The van der Waals surface area contributed by atoms with Crippen molar-refractivity contribution in [1.29, 1.82) is 0 Å². The summed E-state index contributed by atoms with van der Waals surface area (Å²) < 4.78 is 16.9. The second kappa shape index (κ2) is 9.24. The van der Waals surface area contributed by atoms with Crippen molar-refractivity contribution in [3.63, 3.8) is 0 Å². The highest BCUT2D eigenvalue weighted by Crippen LogP contribution is 2.26. The Balaban J connectivity index is 1.58. The Hall–Kier alpha value is -4.00. The standard InChI is InChI=1S/C26H26N2O5/c1-26(2,24(29)30)33-21-14-10-19(11-15-21)17-28(16-18-8-12-20(31-3)13-9-18)25-27-22-6-4-5-7-23(22)32-25/h4-15H,16-17H2,1-3H3,(H,29,30). The minimum absolute atomic E-state index is 0.495. The lowest BCUT2D eigenvalue weighted by Crippen LogP contribution is -2.37. The number of nitrogens with zero attached hydrogens (tertiary/aromatic N) is 2. The number of ether oxygens (including phenoxy) is 2. The van der Waals surface area contributed by atoms with Gasteiger partial charge in [-0.3, -0.25) is 0 Å². The summed E-state index contributed by atoms with van der Waals surface area (Å²) in [4.78, 5) is 18.0. The predicted octanol–water partition coefficient (Wildman–Crippen LogP) is 5.29. The van der Waals surface area contributed by atoms with E-state index < -0.39 is 11.6 Å². The van der Waals surface area contributed by atoms with Crippen LogP contribution in [0.3, 0.4) is 0 Å². The Bertz CT molecular complexity index is 1200. The Morgan fingerprint density at radius 3 is 2.06 bits per heavy atom. The first-order chi connectivity index (χ1) is 15.8. The number of carboxylic acids is 1. The molecule has 0 aliphatic carbocycles. The largest absolute Gasteiger partial charge is 0.497 e. The molecule has 0 saturated carbocycles. The molecule has 4 rings (SSSR count). The quantitative estimate of drug-likeness (QED) is 0.374. The lowest BCUT2D eigenvalue weighted by Gasteiger charge is -2.23. The number of anilines is 1. The van der Waals surface area contributed by atoms with Crippen LogP contribution < -0.4 is 14.4 Å². The molecular formula is C26H26N2O5. The van der Waals surface area contributed by atoms with Gasteiger partial charge in [0.1, 0.15) is 17.0 Å². The fourth-order valence-electron chi connectivity index (χ4n) is 3.36. The first-order valence-corrected chi connectivity index (χ1v) is 10.6. The molecule has 7 nitrogen and oxygen atoms in total. The monoisotopic (exact) mass is 446 g/mol. The molecule has 0 saturated heterocycles. The van der Waals surface area contributed by atoms with Crippen molar-refractivity contribution in [2.24, 2.45) is 0 Å². The van der Waals surface area contributed by atoms with Gasteiger partial charge in [-0.05, 0) is 61.4 Å². The fourth-order valence-corrected chi connectivity index (χ4v) is 3.36. The van der Waals surface area contributed by atoms with E-state index in [4.69, 9.17) is 13.9 Å². The summed E-state index contributed by atoms with van der Waals surface area (Å²) in [5.41, 5.74) is 2.31. The highest BCUT2D eigenvalue weighted by Gasteiger charge is 2.29. The number of fused-ring (bicyclic) bond motifs is 1. The Kier molecular flexibility index (Phi) is 6.22. The number of para-hydroxylation sites is 2. The van der Waals surface area contributed by atoms with Crippen LogP contribution in [-0.4, -0.2) is 28.8 Å².